The Balaban J connectivity index is 1.86. The van der Waals surface area contributed by atoms with Gasteiger partial charge in [-0.25, -0.2) is 9.97 Å². The number of nitrogens with two attached hydrogens (primary N) is 1. The molecule has 0 aliphatic carbocycles. The Morgan fingerprint density at radius 1 is 1.45 bits per heavy atom. The van der Waals surface area contributed by atoms with Crippen LogP contribution >= 0.6 is 0 Å². The maximum absolute atomic E-state index is 6.03. The van der Waals surface area contributed by atoms with Gasteiger partial charge >= 0.3 is 0 Å². The standard InChI is InChI=1S/C14H25N5O/c1-3-5-16-14-17-7-11(8-18-14)9-19-6-4-12(15)13(10-19)20-2/h7-8,12-13H,3-6,9-10,15H2,1-2H3,(H,16,17,18)/t12-,13+/m0/s1. The number of methoxy groups -OCH3 is 1. The Kier molecular flexibility index (Phi) is 5.70. The Morgan fingerprint density at radius 2 is 2.20 bits per heavy atom. The van der Waals surface area contributed by atoms with Crippen molar-refractivity contribution in [1.82, 2.24) is 14.9 Å². The van der Waals surface area contributed by atoms with Gasteiger partial charge < -0.3 is 15.8 Å². The lowest BCUT2D eigenvalue weighted by Crippen LogP contribution is -2.51. The van der Waals surface area contributed by atoms with Gasteiger partial charge in [-0.05, 0) is 12.8 Å². The number of ether oxygens (including phenoxy) is 1. The van der Waals surface area contributed by atoms with E-state index in [0.717, 1.165) is 44.6 Å². The number of hydrogen-bond acceptors (Lipinski definition) is 6. The van der Waals surface area contributed by atoms with Crippen LogP contribution in [0.1, 0.15) is 25.3 Å². The van der Waals surface area contributed by atoms with Gasteiger partial charge in [-0.3, -0.25) is 4.90 Å². The number of anilines is 1. The van der Waals surface area contributed by atoms with E-state index >= 15 is 0 Å². The van der Waals surface area contributed by atoms with Crippen molar-refractivity contribution in [2.75, 3.05) is 32.1 Å². The maximum atomic E-state index is 6.03. The second-order valence-corrected chi connectivity index (χ2v) is 5.30. The molecule has 1 aliphatic heterocycles. The zero-order valence-corrected chi connectivity index (χ0v) is 12.4. The molecule has 1 aromatic rings. The monoisotopic (exact) mass is 279 g/mol. The van der Waals surface area contributed by atoms with Crippen LogP contribution in [0.25, 0.3) is 0 Å². The minimum atomic E-state index is 0.121. The zero-order chi connectivity index (χ0) is 14.4. The van der Waals surface area contributed by atoms with Crippen LogP contribution in [0.5, 0.6) is 0 Å². The first kappa shape index (κ1) is 15.2. The van der Waals surface area contributed by atoms with Crippen LogP contribution in [0.4, 0.5) is 5.95 Å². The molecule has 1 aliphatic rings. The summed E-state index contributed by atoms with van der Waals surface area (Å²) in [4.78, 5) is 11.0. The highest BCUT2D eigenvalue weighted by molar-refractivity contribution is 5.24. The van der Waals surface area contributed by atoms with Crippen LogP contribution < -0.4 is 11.1 Å². The summed E-state index contributed by atoms with van der Waals surface area (Å²) in [6, 6.07) is 0.146. The number of aromatic nitrogens is 2. The minimum Gasteiger partial charge on any atom is -0.379 e. The largest absolute Gasteiger partial charge is 0.379 e. The SMILES string of the molecule is CCCNc1ncc(CN2CC[C@H](N)[C@H](OC)C2)cn1. The lowest BCUT2D eigenvalue weighted by molar-refractivity contribution is 0.0140. The number of nitrogens with zero attached hydrogens (tertiary/aromatic N) is 3. The lowest BCUT2D eigenvalue weighted by atomic mass is 10.0. The van der Waals surface area contributed by atoms with Gasteiger partial charge in [-0.1, -0.05) is 6.92 Å². The molecule has 2 rings (SSSR count). The normalized spacial score (nSPS) is 23.8. The smallest absolute Gasteiger partial charge is 0.222 e. The van der Waals surface area contributed by atoms with Gasteiger partial charge in [0.15, 0.2) is 0 Å². The minimum absolute atomic E-state index is 0.121. The lowest BCUT2D eigenvalue weighted by Gasteiger charge is -2.35. The van der Waals surface area contributed by atoms with Crippen LogP contribution in [0.3, 0.4) is 0 Å². The second kappa shape index (κ2) is 7.52. The number of piperidine rings is 1. The highest BCUT2D eigenvalue weighted by atomic mass is 16.5. The van der Waals surface area contributed by atoms with Crippen LogP contribution in [-0.4, -0.2) is 53.8 Å². The molecule has 3 N–H and O–H groups in total. The summed E-state index contributed by atoms with van der Waals surface area (Å²) in [5.74, 6) is 0.700. The van der Waals surface area contributed by atoms with Gasteiger partial charge in [0.2, 0.25) is 5.95 Å². The molecule has 0 aromatic carbocycles. The molecule has 20 heavy (non-hydrogen) atoms. The summed E-state index contributed by atoms with van der Waals surface area (Å²) >= 11 is 0. The van der Waals surface area contributed by atoms with E-state index in [1.54, 1.807) is 7.11 Å². The summed E-state index contributed by atoms with van der Waals surface area (Å²) in [5.41, 5.74) is 7.15. The van der Waals surface area contributed by atoms with Crippen LogP contribution in [0.15, 0.2) is 12.4 Å². The molecule has 1 saturated heterocycles. The third kappa shape index (κ3) is 4.13. The Hall–Kier alpha value is -1.24. The molecule has 2 atom stereocenters. The molecule has 0 bridgehead atoms. The van der Waals surface area contributed by atoms with Gasteiger partial charge in [0.1, 0.15) is 0 Å². The predicted octanol–water partition coefficient (Wildman–Crippen LogP) is 0.847. The predicted molar refractivity (Wildman–Crippen MR) is 79.5 cm³/mol. The summed E-state index contributed by atoms with van der Waals surface area (Å²) < 4.78 is 5.43. The number of likely N-dealkylation sites (tertiary alicyclic amines) is 1. The molecule has 112 valence electrons. The maximum Gasteiger partial charge on any atom is 0.222 e. The van der Waals surface area contributed by atoms with E-state index in [4.69, 9.17) is 10.5 Å². The van der Waals surface area contributed by atoms with Crippen LogP contribution in [-0.2, 0) is 11.3 Å². The van der Waals surface area contributed by atoms with Crippen molar-refractivity contribution in [2.24, 2.45) is 5.73 Å². The molecule has 1 fully saturated rings. The van der Waals surface area contributed by atoms with Crippen molar-refractivity contribution in [3.05, 3.63) is 18.0 Å². The summed E-state index contributed by atoms with van der Waals surface area (Å²) in [6.07, 6.45) is 5.94. The van der Waals surface area contributed by atoms with E-state index in [1.807, 2.05) is 12.4 Å². The molecule has 0 radical (unpaired) electrons. The first-order chi connectivity index (χ1) is 9.72. The first-order valence-electron chi connectivity index (χ1n) is 7.28. The fourth-order valence-corrected chi connectivity index (χ4v) is 2.41. The average molecular weight is 279 g/mol. The first-order valence-corrected chi connectivity index (χ1v) is 7.28. The van der Waals surface area contributed by atoms with E-state index < -0.39 is 0 Å². The van der Waals surface area contributed by atoms with Gasteiger partial charge in [0, 0.05) is 57.3 Å². The van der Waals surface area contributed by atoms with Crippen molar-refractivity contribution < 1.29 is 4.74 Å². The van der Waals surface area contributed by atoms with Gasteiger partial charge in [-0.15, -0.1) is 0 Å². The fraction of sp³-hybridized carbons (Fsp3) is 0.714. The van der Waals surface area contributed by atoms with E-state index in [-0.39, 0.29) is 12.1 Å². The van der Waals surface area contributed by atoms with Crippen molar-refractivity contribution >= 4 is 5.95 Å². The zero-order valence-electron chi connectivity index (χ0n) is 12.4. The fourth-order valence-electron chi connectivity index (χ4n) is 2.41. The molecular formula is C14H25N5O. The number of nitrogens with one attached hydrogen (secondary N) is 1. The molecule has 0 amide bonds. The molecular weight excluding hydrogens is 254 g/mol. The van der Waals surface area contributed by atoms with Gasteiger partial charge in [-0.2, -0.15) is 0 Å². The summed E-state index contributed by atoms with van der Waals surface area (Å²) in [5, 5.41) is 3.17. The van der Waals surface area contributed by atoms with E-state index in [2.05, 4.69) is 27.1 Å². The molecule has 1 aromatic heterocycles. The van der Waals surface area contributed by atoms with Gasteiger partial charge in [0.25, 0.3) is 0 Å². The Bertz CT molecular complexity index is 397. The third-order valence-electron chi connectivity index (χ3n) is 3.64. The van der Waals surface area contributed by atoms with Crippen LogP contribution in [0.2, 0.25) is 0 Å². The summed E-state index contributed by atoms with van der Waals surface area (Å²) in [6.45, 7) is 5.73. The second-order valence-electron chi connectivity index (χ2n) is 5.30. The molecule has 0 saturated carbocycles. The van der Waals surface area contributed by atoms with Crippen molar-refractivity contribution in [3.8, 4) is 0 Å². The number of rotatable bonds is 6. The van der Waals surface area contributed by atoms with Crippen molar-refractivity contribution in [3.63, 3.8) is 0 Å². The highest BCUT2D eigenvalue weighted by Crippen LogP contribution is 2.14. The topological polar surface area (TPSA) is 76.3 Å². The summed E-state index contributed by atoms with van der Waals surface area (Å²) in [7, 11) is 1.73. The van der Waals surface area contributed by atoms with Crippen molar-refractivity contribution in [1.29, 1.82) is 0 Å². The highest BCUT2D eigenvalue weighted by Gasteiger charge is 2.26. The van der Waals surface area contributed by atoms with E-state index in [1.165, 1.54) is 0 Å². The number of hydrogen-bond donors (Lipinski definition) is 2. The van der Waals surface area contributed by atoms with Crippen LogP contribution in [0, 0.1) is 0 Å². The van der Waals surface area contributed by atoms with E-state index in [9.17, 15) is 0 Å². The van der Waals surface area contributed by atoms with E-state index in [0.29, 0.717) is 5.95 Å². The Morgan fingerprint density at radius 3 is 2.85 bits per heavy atom. The Labute approximate surface area is 120 Å². The molecule has 0 spiro atoms. The van der Waals surface area contributed by atoms with Gasteiger partial charge in [0.05, 0.1) is 6.10 Å². The van der Waals surface area contributed by atoms with Crippen molar-refractivity contribution in [2.45, 2.75) is 38.5 Å². The quantitative estimate of drug-likeness (QED) is 0.804. The molecule has 2 heterocycles. The average Bonchev–Trinajstić information content (AvgIpc) is 2.48. The molecule has 0 unspecified atom stereocenters. The third-order valence-corrected chi connectivity index (χ3v) is 3.64. The molecule has 6 nitrogen and oxygen atoms in total. The molecule has 6 heteroatoms.